The van der Waals surface area contributed by atoms with Crippen LogP contribution in [0.25, 0.3) is 0 Å². The summed E-state index contributed by atoms with van der Waals surface area (Å²) in [4.78, 5) is 46.3. The van der Waals surface area contributed by atoms with Crippen LogP contribution in [0, 0.1) is 5.92 Å². The Bertz CT molecular complexity index is 1140. The molecule has 1 unspecified atom stereocenters. The molecule has 4 rings (SSSR count). The first-order chi connectivity index (χ1) is 16.0. The Morgan fingerprint density at radius 1 is 1.03 bits per heavy atom. The average molecular weight is 462 g/mol. The molecule has 2 heterocycles. The smallest absolute Gasteiger partial charge is 0.278 e. The lowest BCUT2D eigenvalue weighted by Crippen LogP contribution is -2.62. The van der Waals surface area contributed by atoms with Crippen molar-refractivity contribution in [1.29, 1.82) is 0 Å². The normalized spacial score (nSPS) is 16.0. The van der Waals surface area contributed by atoms with Gasteiger partial charge in [0.25, 0.3) is 5.91 Å². The summed E-state index contributed by atoms with van der Waals surface area (Å²) in [6.07, 6.45) is 6.12. The van der Waals surface area contributed by atoms with Gasteiger partial charge in [-0.2, -0.15) is 0 Å². The maximum atomic E-state index is 14.1. The van der Waals surface area contributed by atoms with Gasteiger partial charge in [-0.3, -0.25) is 24.3 Å². The summed E-state index contributed by atoms with van der Waals surface area (Å²) in [5, 5.41) is 1.89. The van der Waals surface area contributed by atoms with Gasteiger partial charge in [-0.25, -0.2) is 0 Å². The molecule has 7 heteroatoms. The van der Waals surface area contributed by atoms with Gasteiger partial charge in [0.15, 0.2) is 11.3 Å². The highest BCUT2D eigenvalue weighted by molar-refractivity contribution is 7.10. The zero-order valence-electron chi connectivity index (χ0n) is 18.6. The van der Waals surface area contributed by atoms with E-state index in [1.165, 1.54) is 23.2 Å². The van der Waals surface area contributed by atoms with Gasteiger partial charge in [0.2, 0.25) is 5.91 Å². The number of pyridine rings is 1. The van der Waals surface area contributed by atoms with E-state index in [1.807, 2.05) is 17.5 Å². The number of amides is 2. The first kappa shape index (κ1) is 22.9. The Kier molecular flexibility index (Phi) is 6.70. The molecule has 6 nitrogen and oxygen atoms in total. The molecule has 0 spiro atoms. The van der Waals surface area contributed by atoms with E-state index in [2.05, 4.69) is 4.98 Å². The number of hydrogen-bond donors (Lipinski definition) is 1. The fourth-order valence-electron chi connectivity index (χ4n) is 4.89. The number of Topliss-reactive ketones (excluding diaryl/α,β-unsaturated/α-hetero) is 1. The number of carbonyl (C=O) groups is 3. The molecule has 1 aromatic carbocycles. The molecular weight excluding hydrogens is 434 g/mol. The van der Waals surface area contributed by atoms with Gasteiger partial charge >= 0.3 is 0 Å². The minimum atomic E-state index is -1.39. The molecule has 33 heavy (non-hydrogen) atoms. The number of primary amides is 1. The third kappa shape index (κ3) is 4.20. The molecule has 0 aliphatic heterocycles. The Labute approximate surface area is 197 Å². The second kappa shape index (κ2) is 9.67. The molecule has 1 saturated carbocycles. The largest absolute Gasteiger partial charge is 0.367 e. The van der Waals surface area contributed by atoms with E-state index in [9.17, 15) is 14.4 Å². The fourth-order valence-corrected chi connectivity index (χ4v) is 5.89. The highest BCUT2D eigenvalue weighted by Crippen LogP contribution is 2.47. The first-order valence-electron chi connectivity index (χ1n) is 11.2. The zero-order valence-corrected chi connectivity index (χ0v) is 19.4. The number of rotatable bonds is 7. The van der Waals surface area contributed by atoms with E-state index in [4.69, 9.17) is 5.73 Å². The summed E-state index contributed by atoms with van der Waals surface area (Å²) >= 11 is 1.42. The molecule has 3 aromatic rings. The molecule has 2 amide bonds. The number of anilines is 1. The molecule has 0 radical (unpaired) electrons. The van der Waals surface area contributed by atoms with E-state index >= 15 is 0 Å². The number of thiophene rings is 1. The molecule has 2 aromatic heterocycles. The van der Waals surface area contributed by atoms with Crippen molar-refractivity contribution in [2.75, 3.05) is 4.90 Å². The van der Waals surface area contributed by atoms with E-state index in [0.29, 0.717) is 11.3 Å². The van der Waals surface area contributed by atoms with Gasteiger partial charge < -0.3 is 5.73 Å². The number of nitrogens with zero attached hydrogens (tertiary/aromatic N) is 2. The number of nitrogens with two attached hydrogens (primary N) is 1. The Morgan fingerprint density at radius 2 is 1.82 bits per heavy atom. The topological polar surface area (TPSA) is 93.4 Å². The molecule has 170 valence electrons. The zero-order chi connectivity index (χ0) is 23.4. The Hall–Kier alpha value is -3.32. The number of benzene rings is 1. The Balaban J connectivity index is 2.01. The van der Waals surface area contributed by atoms with E-state index in [-0.39, 0.29) is 17.4 Å². The lowest BCUT2D eigenvalue weighted by Gasteiger charge is -2.47. The van der Waals surface area contributed by atoms with E-state index in [0.717, 1.165) is 37.0 Å². The molecule has 1 atom stereocenters. The van der Waals surface area contributed by atoms with Crippen LogP contribution in [0.3, 0.4) is 0 Å². The summed E-state index contributed by atoms with van der Waals surface area (Å²) in [6, 6.07) is 15.7. The summed E-state index contributed by atoms with van der Waals surface area (Å²) in [6.45, 7) is 1.48. The van der Waals surface area contributed by atoms with Crippen molar-refractivity contribution in [3.05, 3.63) is 82.3 Å². The monoisotopic (exact) mass is 461 g/mol. The average Bonchev–Trinajstić information content (AvgIpc) is 3.38. The fraction of sp³-hybridized carbons (Fsp3) is 0.308. The minimum absolute atomic E-state index is 0.124. The number of hydrogen-bond acceptors (Lipinski definition) is 5. The maximum Gasteiger partial charge on any atom is 0.278 e. The number of ketones is 1. The van der Waals surface area contributed by atoms with Crippen LogP contribution >= 0.6 is 11.3 Å². The van der Waals surface area contributed by atoms with Crippen LogP contribution in [0.1, 0.15) is 64.8 Å². The van der Waals surface area contributed by atoms with E-state index in [1.54, 1.807) is 48.7 Å². The molecule has 1 aliphatic carbocycles. The molecular formula is C26H27N3O3S. The van der Waals surface area contributed by atoms with Gasteiger partial charge in [0, 0.05) is 22.3 Å². The predicted octanol–water partition coefficient (Wildman–Crippen LogP) is 4.95. The van der Waals surface area contributed by atoms with Crippen molar-refractivity contribution in [3.63, 3.8) is 0 Å². The SMILES string of the molecule is CC(=O)c1cccc(N(C(=O)c2ccccn2)C(C(N)=O)(c2cccs2)C2CCCCC2)c1. The van der Waals surface area contributed by atoms with Gasteiger partial charge in [0.1, 0.15) is 5.69 Å². The third-order valence-corrected chi connectivity index (χ3v) is 7.41. The van der Waals surface area contributed by atoms with Crippen LogP contribution in [0.5, 0.6) is 0 Å². The third-order valence-electron chi connectivity index (χ3n) is 6.42. The quantitative estimate of drug-likeness (QED) is 0.504. The lowest BCUT2D eigenvalue weighted by molar-refractivity contribution is -0.125. The number of carbonyl (C=O) groups excluding carboxylic acids is 3. The molecule has 0 bridgehead atoms. The van der Waals surface area contributed by atoms with Gasteiger partial charge in [-0.05, 0) is 61.4 Å². The molecule has 1 aliphatic rings. The van der Waals surface area contributed by atoms with Crippen LogP contribution < -0.4 is 10.6 Å². The van der Waals surface area contributed by atoms with Crippen molar-refractivity contribution in [1.82, 2.24) is 4.98 Å². The molecule has 2 N–H and O–H groups in total. The summed E-state index contributed by atoms with van der Waals surface area (Å²) in [7, 11) is 0. The highest BCUT2D eigenvalue weighted by atomic mass is 32.1. The second-order valence-corrected chi connectivity index (χ2v) is 9.35. The number of aromatic nitrogens is 1. The lowest BCUT2D eigenvalue weighted by atomic mass is 9.71. The summed E-state index contributed by atoms with van der Waals surface area (Å²) in [5.74, 6) is -1.28. The molecule has 0 saturated heterocycles. The highest BCUT2D eigenvalue weighted by Gasteiger charge is 2.54. The summed E-state index contributed by atoms with van der Waals surface area (Å²) in [5.41, 5.74) is 5.97. The van der Waals surface area contributed by atoms with Crippen LogP contribution in [-0.4, -0.2) is 22.6 Å². The molecule has 1 fully saturated rings. The predicted molar refractivity (Wildman–Crippen MR) is 129 cm³/mol. The maximum absolute atomic E-state index is 14.1. The Morgan fingerprint density at radius 3 is 2.42 bits per heavy atom. The van der Waals surface area contributed by atoms with Crippen molar-refractivity contribution >= 4 is 34.6 Å². The second-order valence-electron chi connectivity index (χ2n) is 8.40. The standard InChI is InChI=1S/C26H27N3O3S/c1-18(30)19-9-7-12-21(17-19)29(24(31)22-13-5-6-15-28-22)26(25(27)32,23-14-8-16-33-23)20-10-3-2-4-11-20/h5-9,12-17,20H,2-4,10-11H2,1H3,(H2,27,32). The van der Waals surface area contributed by atoms with Gasteiger partial charge in [0.05, 0.1) is 0 Å². The summed E-state index contributed by atoms with van der Waals surface area (Å²) < 4.78 is 0. The van der Waals surface area contributed by atoms with Crippen molar-refractivity contribution in [2.24, 2.45) is 11.7 Å². The van der Waals surface area contributed by atoms with Crippen molar-refractivity contribution in [3.8, 4) is 0 Å². The van der Waals surface area contributed by atoms with E-state index < -0.39 is 17.4 Å². The van der Waals surface area contributed by atoms with Gasteiger partial charge in [-0.15, -0.1) is 11.3 Å². The van der Waals surface area contributed by atoms with Gasteiger partial charge in [-0.1, -0.05) is 43.5 Å². The van der Waals surface area contributed by atoms with Crippen LogP contribution in [0.2, 0.25) is 0 Å². The van der Waals surface area contributed by atoms with Crippen LogP contribution in [0.4, 0.5) is 5.69 Å². The van der Waals surface area contributed by atoms with Crippen molar-refractivity contribution < 1.29 is 14.4 Å². The van der Waals surface area contributed by atoms with Crippen LogP contribution in [0.15, 0.2) is 66.2 Å². The minimum Gasteiger partial charge on any atom is -0.367 e. The first-order valence-corrected chi connectivity index (χ1v) is 12.0. The van der Waals surface area contributed by atoms with Crippen LogP contribution in [-0.2, 0) is 10.3 Å². The van der Waals surface area contributed by atoms with Crippen molar-refractivity contribution in [2.45, 2.75) is 44.6 Å².